The molecule has 0 aliphatic heterocycles. The van der Waals surface area contributed by atoms with Crippen molar-refractivity contribution in [3.8, 4) is 0 Å². The van der Waals surface area contributed by atoms with Crippen LogP contribution in [0.25, 0.3) is 0 Å². The van der Waals surface area contributed by atoms with Gasteiger partial charge in [-0.05, 0) is 37.5 Å². The largest absolute Gasteiger partial charge is 0.360 e. The Hall–Kier alpha value is -1.73. The molecule has 0 unspecified atom stereocenters. The molecule has 2 aromatic rings. The van der Waals surface area contributed by atoms with Crippen LogP contribution in [0.1, 0.15) is 36.9 Å². The first-order valence-electron chi connectivity index (χ1n) is 6.93. The molecule has 0 amide bonds. The van der Waals surface area contributed by atoms with Crippen molar-refractivity contribution < 1.29 is 17.3 Å². The van der Waals surface area contributed by atoms with Crippen LogP contribution in [0.5, 0.6) is 0 Å². The zero-order valence-corrected chi connectivity index (χ0v) is 13.7. The molecule has 0 saturated heterocycles. The first-order chi connectivity index (χ1) is 10.2. The minimum atomic E-state index is -3.78. The predicted molar refractivity (Wildman–Crippen MR) is 80.3 cm³/mol. The second-order valence-corrected chi connectivity index (χ2v) is 7.20. The highest BCUT2D eigenvalue weighted by atomic mass is 32.2. The third-order valence-electron chi connectivity index (χ3n) is 3.41. The summed E-state index contributed by atoms with van der Waals surface area (Å²) < 4.78 is 45.9. The van der Waals surface area contributed by atoms with Crippen molar-refractivity contribution >= 4 is 10.0 Å². The Kier molecular flexibility index (Phi) is 4.67. The topological polar surface area (TPSA) is 72.2 Å². The molecule has 0 radical (unpaired) electrons. The summed E-state index contributed by atoms with van der Waals surface area (Å²) in [6.07, 6.45) is 0. The Morgan fingerprint density at radius 2 is 1.77 bits per heavy atom. The number of halogens is 1. The number of benzene rings is 1. The van der Waals surface area contributed by atoms with E-state index >= 15 is 0 Å². The van der Waals surface area contributed by atoms with E-state index in [1.807, 2.05) is 13.8 Å². The van der Waals surface area contributed by atoms with Crippen molar-refractivity contribution in [1.82, 2.24) is 9.88 Å². The molecule has 0 aliphatic carbocycles. The number of hydrogen-bond donors (Lipinski definition) is 1. The first-order valence-corrected chi connectivity index (χ1v) is 8.41. The fourth-order valence-corrected chi connectivity index (χ4v) is 4.05. The molecule has 120 valence electrons. The van der Waals surface area contributed by atoms with Gasteiger partial charge in [-0.25, -0.2) is 17.5 Å². The monoisotopic (exact) mass is 326 g/mol. The van der Waals surface area contributed by atoms with Crippen LogP contribution in [0.4, 0.5) is 4.39 Å². The molecule has 22 heavy (non-hydrogen) atoms. The zero-order chi connectivity index (χ0) is 16.5. The zero-order valence-electron chi connectivity index (χ0n) is 12.9. The summed E-state index contributed by atoms with van der Waals surface area (Å²) in [7, 11) is -3.78. The molecule has 1 N–H and O–H groups in total. The van der Waals surface area contributed by atoms with E-state index in [9.17, 15) is 12.8 Å². The highest BCUT2D eigenvalue weighted by Crippen LogP contribution is 2.26. The lowest BCUT2D eigenvalue weighted by atomic mass is 9.97. The lowest BCUT2D eigenvalue weighted by Crippen LogP contribution is -2.32. The van der Waals surface area contributed by atoms with Gasteiger partial charge in [-0.15, -0.1) is 0 Å². The van der Waals surface area contributed by atoms with E-state index in [0.717, 1.165) is 0 Å². The standard InChI is InChI=1S/C15H19FN2O3S/c1-9(2)14(12-5-7-13(16)8-6-12)18-22(19,20)15-10(3)17-21-11(15)4/h5-9,14,18H,1-4H3/t14-/m1/s1. The third-order valence-corrected chi connectivity index (χ3v) is 5.10. The maximum absolute atomic E-state index is 13.1. The molecule has 0 saturated carbocycles. The Labute approximate surface area is 129 Å². The van der Waals surface area contributed by atoms with Gasteiger partial charge in [-0.3, -0.25) is 0 Å². The van der Waals surface area contributed by atoms with Crippen molar-refractivity contribution in [2.75, 3.05) is 0 Å². The average molecular weight is 326 g/mol. The van der Waals surface area contributed by atoms with Crippen LogP contribution in [0.15, 0.2) is 33.7 Å². The number of aryl methyl sites for hydroxylation is 2. The molecule has 1 aromatic heterocycles. The minimum Gasteiger partial charge on any atom is -0.360 e. The average Bonchev–Trinajstić information content (AvgIpc) is 2.77. The smallest absolute Gasteiger partial charge is 0.246 e. The van der Waals surface area contributed by atoms with Crippen molar-refractivity contribution in [2.24, 2.45) is 5.92 Å². The lowest BCUT2D eigenvalue weighted by molar-refractivity contribution is 0.390. The van der Waals surface area contributed by atoms with Crippen molar-refractivity contribution in [3.63, 3.8) is 0 Å². The van der Waals surface area contributed by atoms with Crippen LogP contribution in [-0.2, 0) is 10.0 Å². The summed E-state index contributed by atoms with van der Waals surface area (Å²) in [5.74, 6) is -0.132. The molecule has 0 bridgehead atoms. The summed E-state index contributed by atoms with van der Waals surface area (Å²) in [6.45, 7) is 6.91. The maximum Gasteiger partial charge on any atom is 0.246 e. The van der Waals surface area contributed by atoms with Gasteiger partial charge in [-0.2, -0.15) is 0 Å². The summed E-state index contributed by atoms with van der Waals surface area (Å²) in [6, 6.07) is 5.31. The number of aromatic nitrogens is 1. The van der Waals surface area contributed by atoms with E-state index in [-0.39, 0.29) is 22.4 Å². The van der Waals surface area contributed by atoms with E-state index in [0.29, 0.717) is 11.3 Å². The number of rotatable bonds is 5. The van der Waals surface area contributed by atoms with Crippen LogP contribution in [-0.4, -0.2) is 13.6 Å². The maximum atomic E-state index is 13.1. The van der Waals surface area contributed by atoms with E-state index in [1.54, 1.807) is 26.0 Å². The Bertz CT molecular complexity index is 732. The van der Waals surface area contributed by atoms with Crippen LogP contribution < -0.4 is 4.72 Å². The van der Waals surface area contributed by atoms with Gasteiger partial charge in [0.2, 0.25) is 10.0 Å². The Morgan fingerprint density at radius 1 is 1.18 bits per heavy atom. The number of nitrogens with one attached hydrogen (secondary N) is 1. The van der Waals surface area contributed by atoms with Crippen LogP contribution >= 0.6 is 0 Å². The third kappa shape index (κ3) is 3.36. The SMILES string of the molecule is Cc1noc(C)c1S(=O)(=O)N[C@@H](c1ccc(F)cc1)C(C)C. The highest BCUT2D eigenvalue weighted by Gasteiger charge is 2.29. The van der Waals surface area contributed by atoms with Gasteiger partial charge in [0, 0.05) is 6.04 Å². The predicted octanol–water partition coefficient (Wildman–Crippen LogP) is 3.11. The highest BCUT2D eigenvalue weighted by molar-refractivity contribution is 7.89. The summed E-state index contributed by atoms with van der Waals surface area (Å²) in [4.78, 5) is 0.0558. The van der Waals surface area contributed by atoms with Crippen LogP contribution in [0.3, 0.4) is 0 Å². The number of nitrogens with zero attached hydrogens (tertiary/aromatic N) is 1. The summed E-state index contributed by atoms with van der Waals surface area (Å²) >= 11 is 0. The fraction of sp³-hybridized carbons (Fsp3) is 0.400. The van der Waals surface area contributed by atoms with Gasteiger partial charge in [0.05, 0.1) is 0 Å². The Balaban J connectivity index is 2.38. The van der Waals surface area contributed by atoms with E-state index in [4.69, 9.17) is 4.52 Å². The molecule has 1 heterocycles. The van der Waals surface area contributed by atoms with E-state index < -0.39 is 16.1 Å². The molecule has 2 rings (SSSR count). The normalized spacial score (nSPS) is 13.5. The van der Waals surface area contributed by atoms with Crippen molar-refractivity contribution in [1.29, 1.82) is 0 Å². The molecule has 0 fully saturated rings. The van der Waals surface area contributed by atoms with Gasteiger partial charge in [0.1, 0.15) is 16.4 Å². The first kappa shape index (κ1) is 16.6. The molecule has 0 spiro atoms. The molecule has 7 heteroatoms. The van der Waals surface area contributed by atoms with Crippen LogP contribution in [0.2, 0.25) is 0 Å². The molecule has 0 aliphatic rings. The second kappa shape index (κ2) is 6.18. The van der Waals surface area contributed by atoms with Crippen LogP contribution in [0, 0.1) is 25.6 Å². The van der Waals surface area contributed by atoms with Gasteiger partial charge in [0.15, 0.2) is 5.76 Å². The summed E-state index contributed by atoms with van der Waals surface area (Å²) in [5.41, 5.74) is 1.01. The number of hydrogen-bond acceptors (Lipinski definition) is 4. The van der Waals surface area contributed by atoms with Gasteiger partial charge in [0.25, 0.3) is 0 Å². The second-order valence-electron chi connectivity index (χ2n) is 5.55. The van der Waals surface area contributed by atoms with Crippen molar-refractivity contribution in [3.05, 3.63) is 47.1 Å². The fourth-order valence-electron chi connectivity index (χ4n) is 2.34. The molecule has 1 atom stereocenters. The molecular weight excluding hydrogens is 307 g/mol. The lowest BCUT2D eigenvalue weighted by Gasteiger charge is -2.22. The van der Waals surface area contributed by atoms with Gasteiger partial charge in [-0.1, -0.05) is 31.1 Å². The van der Waals surface area contributed by atoms with E-state index in [2.05, 4.69) is 9.88 Å². The summed E-state index contributed by atoms with van der Waals surface area (Å²) in [5, 5.41) is 3.68. The molecule has 5 nitrogen and oxygen atoms in total. The van der Waals surface area contributed by atoms with Gasteiger partial charge < -0.3 is 4.52 Å². The quantitative estimate of drug-likeness (QED) is 0.916. The minimum absolute atomic E-state index is 0.0132. The van der Waals surface area contributed by atoms with E-state index in [1.165, 1.54) is 12.1 Å². The van der Waals surface area contributed by atoms with Crippen molar-refractivity contribution in [2.45, 2.75) is 38.6 Å². The number of sulfonamides is 1. The van der Waals surface area contributed by atoms with Gasteiger partial charge >= 0.3 is 0 Å². The molecule has 1 aromatic carbocycles. The Morgan fingerprint density at radius 3 is 2.23 bits per heavy atom. The molecular formula is C15H19FN2O3S.